The number of nitrogens with one attached hydrogen (secondary N) is 1. The molecular formula is C41H77NO9. The number of aliphatic hydroxyl groups is 6. The Hall–Kier alpha value is -1.37. The van der Waals surface area contributed by atoms with E-state index >= 15 is 0 Å². The van der Waals surface area contributed by atoms with Crippen molar-refractivity contribution in [1.29, 1.82) is 0 Å². The van der Waals surface area contributed by atoms with Crippen molar-refractivity contribution in [3.8, 4) is 0 Å². The molecule has 1 heterocycles. The van der Waals surface area contributed by atoms with E-state index < -0.39 is 61.5 Å². The quantitative estimate of drug-likeness (QED) is 0.0294. The molecule has 0 aliphatic carbocycles. The Labute approximate surface area is 310 Å². The molecular weight excluding hydrogens is 650 g/mol. The first kappa shape index (κ1) is 47.7. The van der Waals surface area contributed by atoms with Gasteiger partial charge in [0.15, 0.2) is 6.29 Å². The fraction of sp³-hybridized carbons (Fsp3) is 0.878. The fourth-order valence-electron chi connectivity index (χ4n) is 6.44. The number of carbonyl (C=O) groups excluding carboxylic acids is 1. The Morgan fingerprint density at radius 2 is 1.20 bits per heavy atom. The average molecular weight is 728 g/mol. The van der Waals surface area contributed by atoms with E-state index in [2.05, 4.69) is 25.2 Å². The standard InChI is InChI=1S/C41H77NO9/c1-3-5-7-9-11-13-15-17-18-20-22-24-26-28-30-35(45)40(49)42-33(32-50-41-39(48)38(47)37(46)36(31-43)51-41)34(44)29-27-25-23-21-19-16-14-12-10-8-6-4-2/h21,23,27,29,33-39,41,43-48H,3-20,22,24-26,28,30-32H2,1-2H3,(H,42,49)/b23-21+,29-27-/t33-,34-,35-,36-,37+,38-,39+,41-/m0/s1. The van der Waals surface area contributed by atoms with Crippen LogP contribution in [0.25, 0.3) is 0 Å². The van der Waals surface area contributed by atoms with E-state index in [1.165, 1.54) is 103 Å². The first-order valence-corrected chi connectivity index (χ1v) is 20.7. The van der Waals surface area contributed by atoms with Crippen molar-refractivity contribution in [2.45, 2.75) is 217 Å². The lowest BCUT2D eigenvalue weighted by Crippen LogP contribution is -2.60. The molecule has 7 N–H and O–H groups in total. The Bertz CT molecular complexity index is 870. The SMILES string of the molecule is CCCCCCCCC/C=C/C/C=C\[C@H](O)[C@H](CO[C@H]1O[C@@H](CO)[C@@H](O)[C@H](O)[C@H]1O)NC(=O)[C@@H](O)CCCCCCCCCCCCCCCC. The second-order valence-electron chi connectivity index (χ2n) is 14.6. The van der Waals surface area contributed by atoms with Crippen molar-refractivity contribution in [3.05, 3.63) is 24.3 Å². The molecule has 0 spiro atoms. The molecule has 300 valence electrons. The average Bonchev–Trinajstić information content (AvgIpc) is 3.13. The van der Waals surface area contributed by atoms with Gasteiger partial charge >= 0.3 is 0 Å². The van der Waals surface area contributed by atoms with Crippen molar-refractivity contribution in [2.24, 2.45) is 0 Å². The van der Waals surface area contributed by atoms with Crippen LogP contribution in [0.3, 0.4) is 0 Å². The maximum Gasteiger partial charge on any atom is 0.249 e. The molecule has 1 aliphatic rings. The number of allylic oxidation sites excluding steroid dienone is 3. The van der Waals surface area contributed by atoms with Crippen LogP contribution in [0.15, 0.2) is 24.3 Å². The molecule has 10 nitrogen and oxygen atoms in total. The third-order valence-corrected chi connectivity index (χ3v) is 9.91. The van der Waals surface area contributed by atoms with E-state index in [9.17, 15) is 35.4 Å². The minimum Gasteiger partial charge on any atom is -0.394 e. The number of amides is 1. The molecule has 8 atom stereocenters. The second kappa shape index (κ2) is 32.1. The number of rotatable bonds is 33. The molecule has 10 heteroatoms. The lowest BCUT2D eigenvalue weighted by molar-refractivity contribution is -0.302. The highest BCUT2D eigenvalue weighted by molar-refractivity contribution is 5.80. The van der Waals surface area contributed by atoms with Crippen molar-refractivity contribution >= 4 is 5.91 Å². The highest BCUT2D eigenvalue weighted by atomic mass is 16.7. The second-order valence-corrected chi connectivity index (χ2v) is 14.6. The first-order chi connectivity index (χ1) is 24.8. The minimum atomic E-state index is -1.61. The Balaban J connectivity index is 2.51. The summed E-state index contributed by atoms with van der Waals surface area (Å²) in [6.45, 7) is 3.55. The summed E-state index contributed by atoms with van der Waals surface area (Å²) in [4.78, 5) is 13.0. The summed E-state index contributed by atoms with van der Waals surface area (Å²) in [7, 11) is 0. The molecule has 0 aromatic carbocycles. The first-order valence-electron chi connectivity index (χ1n) is 20.7. The third-order valence-electron chi connectivity index (χ3n) is 9.91. The van der Waals surface area contributed by atoms with E-state index in [1.807, 2.05) is 6.08 Å². The van der Waals surface area contributed by atoms with E-state index in [1.54, 1.807) is 12.2 Å². The zero-order valence-corrected chi connectivity index (χ0v) is 32.2. The van der Waals surface area contributed by atoms with Crippen molar-refractivity contribution in [1.82, 2.24) is 5.32 Å². The van der Waals surface area contributed by atoms with Crippen LogP contribution in [0.4, 0.5) is 0 Å². The van der Waals surface area contributed by atoms with Gasteiger partial charge in [0, 0.05) is 0 Å². The number of hydrogen-bond acceptors (Lipinski definition) is 9. The van der Waals surface area contributed by atoms with Crippen molar-refractivity contribution in [2.75, 3.05) is 13.2 Å². The molecule has 0 saturated carbocycles. The van der Waals surface area contributed by atoms with E-state index in [4.69, 9.17) is 9.47 Å². The molecule has 1 aliphatic heterocycles. The molecule has 0 aromatic heterocycles. The molecule has 1 saturated heterocycles. The number of aliphatic hydroxyl groups excluding tert-OH is 6. The number of carbonyl (C=O) groups is 1. The summed E-state index contributed by atoms with van der Waals surface area (Å²) in [5.41, 5.74) is 0. The van der Waals surface area contributed by atoms with Gasteiger partial charge in [0.1, 0.15) is 30.5 Å². The van der Waals surface area contributed by atoms with E-state index in [-0.39, 0.29) is 6.61 Å². The van der Waals surface area contributed by atoms with Gasteiger partial charge in [0.25, 0.3) is 0 Å². The molecule has 0 aromatic rings. The van der Waals surface area contributed by atoms with Gasteiger partial charge in [-0.2, -0.15) is 0 Å². The van der Waals surface area contributed by atoms with E-state index in [0.717, 1.165) is 32.1 Å². The smallest absolute Gasteiger partial charge is 0.249 e. The van der Waals surface area contributed by atoms with Crippen LogP contribution in [-0.4, -0.2) is 98.7 Å². The van der Waals surface area contributed by atoms with Crippen molar-refractivity contribution in [3.63, 3.8) is 0 Å². The van der Waals surface area contributed by atoms with Crippen LogP contribution >= 0.6 is 0 Å². The predicted octanol–water partition coefficient (Wildman–Crippen LogP) is 6.52. The van der Waals surface area contributed by atoms with Crippen LogP contribution in [-0.2, 0) is 14.3 Å². The normalized spacial score (nSPS) is 22.9. The summed E-state index contributed by atoms with van der Waals surface area (Å²) in [5.74, 6) is -0.630. The third kappa shape index (κ3) is 23.1. The van der Waals surface area contributed by atoms with Crippen molar-refractivity contribution < 1.29 is 44.9 Å². The predicted molar refractivity (Wildman–Crippen MR) is 204 cm³/mol. The zero-order chi connectivity index (χ0) is 37.5. The molecule has 1 fully saturated rings. The highest BCUT2D eigenvalue weighted by Crippen LogP contribution is 2.22. The molecule has 0 radical (unpaired) electrons. The van der Waals surface area contributed by atoms with E-state index in [0.29, 0.717) is 19.3 Å². The molecule has 51 heavy (non-hydrogen) atoms. The van der Waals surface area contributed by atoms with Gasteiger partial charge in [0.05, 0.1) is 25.4 Å². The summed E-state index contributed by atoms with van der Waals surface area (Å²) in [5, 5.41) is 64.3. The fourth-order valence-corrected chi connectivity index (χ4v) is 6.44. The lowest BCUT2D eigenvalue weighted by atomic mass is 9.99. The largest absolute Gasteiger partial charge is 0.394 e. The number of hydrogen-bond donors (Lipinski definition) is 7. The number of ether oxygens (including phenoxy) is 2. The summed E-state index contributed by atoms with van der Waals surface area (Å²) in [6.07, 6.45) is 25.6. The van der Waals surface area contributed by atoms with Crippen LogP contribution in [0.1, 0.15) is 168 Å². The van der Waals surface area contributed by atoms with Gasteiger partial charge < -0.3 is 45.4 Å². The zero-order valence-electron chi connectivity index (χ0n) is 32.2. The molecule has 1 amide bonds. The Kier molecular flexibility index (Phi) is 30.0. The maximum absolute atomic E-state index is 13.0. The van der Waals surface area contributed by atoms with Crippen LogP contribution in [0.2, 0.25) is 0 Å². The maximum atomic E-state index is 13.0. The van der Waals surface area contributed by atoms with Gasteiger partial charge in [-0.3, -0.25) is 4.79 Å². The van der Waals surface area contributed by atoms with Gasteiger partial charge in [-0.25, -0.2) is 0 Å². The monoisotopic (exact) mass is 728 g/mol. The van der Waals surface area contributed by atoms with Gasteiger partial charge in [-0.05, 0) is 25.7 Å². The Morgan fingerprint density at radius 3 is 1.73 bits per heavy atom. The summed E-state index contributed by atoms with van der Waals surface area (Å²) < 4.78 is 11.1. The number of unbranched alkanes of at least 4 members (excludes halogenated alkanes) is 20. The topological polar surface area (TPSA) is 169 Å². The molecule has 1 rings (SSSR count). The van der Waals surface area contributed by atoms with Gasteiger partial charge in [-0.15, -0.1) is 0 Å². The lowest BCUT2D eigenvalue weighted by Gasteiger charge is -2.40. The highest BCUT2D eigenvalue weighted by Gasteiger charge is 2.44. The minimum absolute atomic E-state index is 0.305. The van der Waals surface area contributed by atoms with Crippen LogP contribution in [0.5, 0.6) is 0 Å². The van der Waals surface area contributed by atoms with Gasteiger partial charge in [-0.1, -0.05) is 167 Å². The van der Waals surface area contributed by atoms with Gasteiger partial charge in [0.2, 0.25) is 5.91 Å². The summed E-state index contributed by atoms with van der Waals surface area (Å²) >= 11 is 0. The Morgan fingerprint density at radius 1 is 0.686 bits per heavy atom. The molecule has 0 bridgehead atoms. The van der Waals surface area contributed by atoms with Crippen LogP contribution in [0, 0.1) is 0 Å². The summed E-state index contributed by atoms with van der Waals surface area (Å²) in [6, 6.07) is -0.996. The van der Waals surface area contributed by atoms with Crippen LogP contribution < -0.4 is 5.32 Å². The molecule has 0 unspecified atom stereocenters.